The van der Waals surface area contributed by atoms with Gasteiger partial charge in [-0.2, -0.15) is 5.10 Å². The Kier molecular flexibility index (Phi) is 5.16. The molecule has 0 aliphatic carbocycles. The van der Waals surface area contributed by atoms with Gasteiger partial charge in [-0.05, 0) is 26.3 Å². The minimum absolute atomic E-state index is 0.163. The van der Waals surface area contributed by atoms with Crippen LogP contribution in [0.25, 0.3) is 0 Å². The Morgan fingerprint density at radius 2 is 2.00 bits per heavy atom. The Balaban J connectivity index is 2.08. The van der Waals surface area contributed by atoms with Gasteiger partial charge < -0.3 is 15.7 Å². The summed E-state index contributed by atoms with van der Waals surface area (Å²) in [6.07, 6.45) is 0. The fourth-order valence-electron chi connectivity index (χ4n) is 2.41. The Morgan fingerprint density at radius 1 is 1.32 bits per heavy atom. The van der Waals surface area contributed by atoms with Gasteiger partial charge in [-0.3, -0.25) is 4.68 Å². The number of hydrogen-bond donors (Lipinski definition) is 3. The second kappa shape index (κ2) is 7.09. The second-order valence-corrected chi connectivity index (χ2v) is 5.11. The van der Waals surface area contributed by atoms with Crippen molar-refractivity contribution in [3.05, 3.63) is 47.3 Å². The lowest BCUT2D eigenvalue weighted by Crippen LogP contribution is -2.34. The number of nitrogens with one attached hydrogen (secondary N) is 2. The third kappa shape index (κ3) is 3.46. The zero-order valence-electron chi connectivity index (χ0n) is 13.1. The molecule has 1 atom stereocenters. The van der Waals surface area contributed by atoms with Gasteiger partial charge in [0.25, 0.3) is 0 Å². The molecule has 0 saturated carbocycles. The van der Waals surface area contributed by atoms with E-state index in [4.69, 9.17) is 0 Å². The van der Waals surface area contributed by atoms with Gasteiger partial charge in [0.15, 0.2) is 0 Å². The van der Waals surface area contributed by atoms with E-state index in [0.29, 0.717) is 5.69 Å². The predicted molar refractivity (Wildman–Crippen MR) is 85.8 cm³/mol. The molecule has 1 unspecified atom stereocenters. The van der Waals surface area contributed by atoms with Crippen LogP contribution in [-0.4, -0.2) is 27.5 Å². The van der Waals surface area contributed by atoms with Crippen molar-refractivity contribution >= 4 is 11.7 Å². The van der Waals surface area contributed by atoms with E-state index in [0.717, 1.165) is 23.5 Å². The molecule has 0 bridgehead atoms. The smallest absolute Gasteiger partial charge is 0.319 e. The van der Waals surface area contributed by atoms with Gasteiger partial charge in [0.2, 0.25) is 0 Å². The van der Waals surface area contributed by atoms with Crippen molar-refractivity contribution in [2.75, 3.05) is 11.9 Å². The monoisotopic (exact) mass is 302 g/mol. The minimum atomic E-state index is -0.442. The molecule has 0 spiro atoms. The lowest BCUT2D eigenvalue weighted by atomic mass is 10.1. The topological polar surface area (TPSA) is 79.2 Å². The van der Waals surface area contributed by atoms with Crippen LogP contribution in [0.15, 0.2) is 30.3 Å². The number of rotatable bonds is 5. The number of benzene rings is 1. The largest absolute Gasteiger partial charge is 0.394 e. The van der Waals surface area contributed by atoms with Crippen molar-refractivity contribution in [1.29, 1.82) is 0 Å². The van der Waals surface area contributed by atoms with Crippen LogP contribution < -0.4 is 10.6 Å². The number of carbonyl (C=O) groups is 1. The molecule has 2 aromatic rings. The number of nitrogens with zero attached hydrogens (tertiary/aromatic N) is 2. The first-order chi connectivity index (χ1) is 10.6. The second-order valence-electron chi connectivity index (χ2n) is 5.11. The molecule has 0 fully saturated rings. The minimum Gasteiger partial charge on any atom is -0.394 e. The summed E-state index contributed by atoms with van der Waals surface area (Å²) < 4.78 is 1.84. The molecular formula is C16H22N4O2. The molecule has 1 aromatic carbocycles. The van der Waals surface area contributed by atoms with Gasteiger partial charge in [-0.15, -0.1) is 0 Å². The van der Waals surface area contributed by atoms with Crippen LogP contribution in [0.4, 0.5) is 10.5 Å². The molecular weight excluding hydrogens is 280 g/mol. The molecule has 3 N–H and O–H groups in total. The van der Waals surface area contributed by atoms with Crippen LogP contribution in [0.3, 0.4) is 0 Å². The number of hydrogen-bond acceptors (Lipinski definition) is 3. The van der Waals surface area contributed by atoms with Crippen molar-refractivity contribution in [3.8, 4) is 0 Å². The van der Waals surface area contributed by atoms with E-state index in [-0.39, 0.29) is 12.6 Å². The number of aryl methyl sites for hydroxylation is 2. The summed E-state index contributed by atoms with van der Waals surface area (Å²) in [5.41, 5.74) is 3.26. The van der Waals surface area contributed by atoms with Crippen molar-refractivity contribution in [2.45, 2.75) is 33.4 Å². The van der Waals surface area contributed by atoms with Gasteiger partial charge in [-0.25, -0.2) is 4.79 Å². The van der Waals surface area contributed by atoms with Gasteiger partial charge in [0.05, 0.1) is 29.7 Å². The Bertz CT molecular complexity index is 637. The molecule has 0 radical (unpaired) electrons. The molecule has 1 aromatic heterocycles. The van der Waals surface area contributed by atoms with E-state index in [9.17, 15) is 9.90 Å². The predicted octanol–water partition coefficient (Wildman–Crippen LogP) is 2.37. The Labute approximate surface area is 130 Å². The summed E-state index contributed by atoms with van der Waals surface area (Å²) in [5.74, 6) is 0. The average Bonchev–Trinajstić information content (AvgIpc) is 2.81. The maximum absolute atomic E-state index is 12.2. The van der Waals surface area contributed by atoms with E-state index < -0.39 is 6.04 Å². The first kappa shape index (κ1) is 16.0. The van der Waals surface area contributed by atoms with Gasteiger partial charge in [0, 0.05) is 6.54 Å². The highest BCUT2D eigenvalue weighted by Gasteiger charge is 2.17. The quantitative estimate of drug-likeness (QED) is 0.793. The van der Waals surface area contributed by atoms with Crippen LogP contribution in [0.2, 0.25) is 0 Å². The fourth-order valence-corrected chi connectivity index (χ4v) is 2.41. The summed E-state index contributed by atoms with van der Waals surface area (Å²) in [7, 11) is 0. The first-order valence-corrected chi connectivity index (χ1v) is 7.34. The van der Waals surface area contributed by atoms with Gasteiger partial charge in [-0.1, -0.05) is 30.3 Å². The van der Waals surface area contributed by atoms with E-state index in [1.807, 2.05) is 55.8 Å². The maximum atomic E-state index is 12.2. The third-order valence-corrected chi connectivity index (χ3v) is 3.61. The zero-order valence-corrected chi connectivity index (χ0v) is 13.1. The molecule has 0 saturated heterocycles. The average molecular weight is 302 g/mol. The highest BCUT2D eigenvalue weighted by atomic mass is 16.3. The van der Waals surface area contributed by atoms with Crippen LogP contribution in [-0.2, 0) is 6.54 Å². The zero-order chi connectivity index (χ0) is 16.1. The number of carbonyl (C=O) groups excluding carboxylic acids is 1. The SMILES string of the molecule is CCn1nc(C)c(NC(=O)NC(CO)c2ccccc2)c1C. The van der Waals surface area contributed by atoms with Crippen LogP contribution >= 0.6 is 0 Å². The number of anilines is 1. The van der Waals surface area contributed by atoms with E-state index in [1.54, 1.807) is 0 Å². The van der Waals surface area contributed by atoms with Crippen molar-refractivity contribution in [2.24, 2.45) is 0 Å². The molecule has 6 heteroatoms. The summed E-state index contributed by atoms with van der Waals surface area (Å²) in [5, 5.41) is 19.5. The standard InChI is InChI=1S/C16H22N4O2/c1-4-20-12(3)15(11(2)19-20)18-16(22)17-14(10-21)13-8-6-5-7-9-13/h5-9,14,21H,4,10H2,1-3H3,(H2,17,18,22). The molecule has 118 valence electrons. The molecule has 2 rings (SSSR count). The number of amides is 2. The molecule has 0 aliphatic rings. The molecule has 22 heavy (non-hydrogen) atoms. The number of urea groups is 1. The van der Waals surface area contributed by atoms with Crippen molar-refractivity contribution in [3.63, 3.8) is 0 Å². The van der Waals surface area contributed by atoms with Crippen LogP contribution in [0.1, 0.15) is 29.9 Å². The van der Waals surface area contributed by atoms with Gasteiger partial charge in [0.1, 0.15) is 0 Å². The van der Waals surface area contributed by atoms with E-state index in [1.165, 1.54) is 0 Å². The summed E-state index contributed by atoms with van der Waals surface area (Å²) in [6, 6.07) is 8.57. The van der Waals surface area contributed by atoms with E-state index in [2.05, 4.69) is 15.7 Å². The highest BCUT2D eigenvalue weighted by molar-refractivity contribution is 5.90. The number of aliphatic hydroxyl groups is 1. The summed E-state index contributed by atoms with van der Waals surface area (Å²) in [4.78, 5) is 12.2. The lowest BCUT2D eigenvalue weighted by molar-refractivity contribution is 0.225. The van der Waals surface area contributed by atoms with Crippen LogP contribution in [0.5, 0.6) is 0 Å². The Morgan fingerprint density at radius 3 is 2.55 bits per heavy atom. The maximum Gasteiger partial charge on any atom is 0.319 e. The summed E-state index contributed by atoms with van der Waals surface area (Å²) in [6.45, 7) is 6.36. The highest BCUT2D eigenvalue weighted by Crippen LogP contribution is 2.19. The molecule has 1 heterocycles. The normalized spacial score (nSPS) is 12.0. The summed E-state index contributed by atoms with van der Waals surface area (Å²) >= 11 is 0. The van der Waals surface area contributed by atoms with Crippen molar-refractivity contribution < 1.29 is 9.90 Å². The third-order valence-electron chi connectivity index (χ3n) is 3.61. The molecule has 2 amide bonds. The van der Waals surface area contributed by atoms with Crippen molar-refractivity contribution in [1.82, 2.24) is 15.1 Å². The molecule has 0 aliphatic heterocycles. The van der Waals surface area contributed by atoms with Gasteiger partial charge >= 0.3 is 6.03 Å². The lowest BCUT2D eigenvalue weighted by Gasteiger charge is -2.17. The van der Waals surface area contributed by atoms with E-state index >= 15 is 0 Å². The van der Waals surface area contributed by atoms with Crippen LogP contribution in [0, 0.1) is 13.8 Å². The molecule has 6 nitrogen and oxygen atoms in total. The number of aliphatic hydroxyl groups excluding tert-OH is 1. The Hall–Kier alpha value is -2.34. The first-order valence-electron chi connectivity index (χ1n) is 7.34. The number of aromatic nitrogens is 2. The fraction of sp³-hybridized carbons (Fsp3) is 0.375.